The molecular weight excluding hydrogens is 612 g/mol. The zero-order valence-corrected chi connectivity index (χ0v) is 33.6. The Balaban J connectivity index is 4.49. The maximum absolute atomic E-state index is 11.2. The molecule has 0 saturated carbocycles. The molecule has 49 heavy (non-hydrogen) atoms. The molecule has 5 unspecified atom stereocenters. The molecule has 296 valence electrons. The summed E-state index contributed by atoms with van der Waals surface area (Å²) in [5, 5.41) is 35.2. The fourth-order valence-corrected chi connectivity index (χ4v) is 6.51. The lowest BCUT2D eigenvalue weighted by atomic mass is 9.94. The third kappa shape index (κ3) is 33.3. The minimum atomic E-state index is -0.398. The topological polar surface area (TPSA) is 94.4 Å². The Labute approximate surface area is 306 Å². The van der Waals surface area contributed by atoms with Gasteiger partial charge < -0.3 is 30.1 Å². The summed E-state index contributed by atoms with van der Waals surface area (Å²) in [6, 6.07) is 0. The van der Waals surface area contributed by atoms with Crippen molar-refractivity contribution in [2.24, 2.45) is 11.8 Å². The molecule has 0 radical (unpaired) electrons. The highest BCUT2D eigenvalue weighted by Gasteiger charge is 2.22. The third-order valence-corrected chi connectivity index (χ3v) is 10.4. The summed E-state index contributed by atoms with van der Waals surface area (Å²) < 4.78 is 11.6. The van der Waals surface area contributed by atoms with E-state index < -0.39 is 12.2 Å². The van der Waals surface area contributed by atoms with E-state index in [0.717, 1.165) is 25.8 Å². The van der Waals surface area contributed by atoms with E-state index in [4.69, 9.17) is 9.47 Å². The first-order valence-corrected chi connectivity index (χ1v) is 21.5. The predicted molar refractivity (Wildman–Crippen MR) is 211 cm³/mol. The number of nitrogens with one attached hydrogen (secondary N) is 1. The Kier molecular flexibility index (Phi) is 37.3. The van der Waals surface area contributed by atoms with Crippen molar-refractivity contribution >= 4 is 0 Å². The first kappa shape index (κ1) is 48.7. The van der Waals surface area contributed by atoms with Crippen LogP contribution in [0.1, 0.15) is 182 Å². The van der Waals surface area contributed by atoms with Crippen LogP contribution in [0.25, 0.3) is 0 Å². The molecule has 0 saturated heterocycles. The van der Waals surface area contributed by atoms with Crippen LogP contribution in [0.3, 0.4) is 0 Å². The minimum Gasteiger partial charge on any atom is -0.392 e. The van der Waals surface area contributed by atoms with Crippen LogP contribution in [-0.2, 0) is 9.47 Å². The van der Waals surface area contributed by atoms with Crippen molar-refractivity contribution in [2.45, 2.75) is 201 Å². The van der Waals surface area contributed by atoms with Gasteiger partial charge in [0.2, 0.25) is 0 Å². The summed E-state index contributed by atoms with van der Waals surface area (Å²) in [5.41, 5.74) is 0. The second-order valence-electron chi connectivity index (χ2n) is 15.3. The van der Waals surface area contributed by atoms with E-state index in [0.29, 0.717) is 52.6 Å². The summed E-state index contributed by atoms with van der Waals surface area (Å²) in [6.45, 7) is 16.3. The first-order valence-electron chi connectivity index (χ1n) is 21.5. The number of nitrogens with zero attached hydrogens (tertiary/aromatic N) is 1. The average Bonchev–Trinajstić information content (AvgIpc) is 3.10. The maximum atomic E-state index is 11.2. The number of unbranched alkanes of at least 4 members (excludes halogenated alkanes) is 18. The van der Waals surface area contributed by atoms with Crippen molar-refractivity contribution in [1.29, 1.82) is 0 Å². The Bertz CT molecular complexity index is 604. The lowest BCUT2D eigenvalue weighted by molar-refractivity contribution is 0.00254. The van der Waals surface area contributed by atoms with Crippen molar-refractivity contribution in [3.63, 3.8) is 0 Å². The second kappa shape index (κ2) is 37.5. The third-order valence-electron chi connectivity index (χ3n) is 10.4. The summed E-state index contributed by atoms with van der Waals surface area (Å²) in [4.78, 5) is 2.23. The molecule has 7 nitrogen and oxygen atoms in total. The van der Waals surface area contributed by atoms with E-state index in [9.17, 15) is 15.3 Å². The van der Waals surface area contributed by atoms with E-state index >= 15 is 0 Å². The number of rotatable bonds is 40. The van der Waals surface area contributed by atoms with Gasteiger partial charge in [0, 0.05) is 32.7 Å². The highest BCUT2D eigenvalue weighted by molar-refractivity contribution is 4.75. The van der Waals surface area contributed by atoms with Crippen molar-refractivity contribution in [1.82, 2.24) is 10.2 Å². The Morgan fingerprint density at radius 2 is 0.898 bits per heavy atom. The van der Waals surface area contributed by atoms with E-state index in [1.54, 1.807) is 0 Å². The molecule has 0 amide bonds. The van der Waals surface area contributed by atoms with Gasteiger partial charge >= 0.3 is 0 Å². The van der Waals surface area contributed by atoms with Crippen molar-refractivity contribution in [2.75, 3.05) is 59.2 Å². The largest absolute Gasteiger partial charge is 0.392 e. The Morgan fingerprint density at radius 3 is 1.31 bits per heavy atom. The van der Waals surface area contributed by atoms with Gasteiger partial charge in [-0.05, 0) is 31.1 Å². The van der Waals surface area contributed by atoms with Gasteiger partial charge in [0.25, 0.3) is 0 Å². The molecule has 0 aliphatic rings. The normalized spacial score (nSPS) is 15.1. The van der Waals surface area contributed by atoms with E-state index in [2.05, 4.69) is 37.9 Å². The molecule has 0 fully saturated rings. The molecule has 0 rings (SSSR count). The molecule has 0 aliphatic carbocycles. The van der Waals surface area contributed by atoms with Crippen LogP contribution in [0.5, 0.6) is 0 Å². The van der Waals surface area contributed by atoms with Crippen LogP contribution < -0.4 is 5.32 Å². The van der Waals surface area contributed by atoms with Gasteiger partial charge in [-0.25, -0.2) is 0 Å². The molecule has 0 aliphatic heterocycles. The molecule has 0 heterocycles. The minimum absolute atomic E-state index is 0.249. The van der Waals surface area contributed by atoms with Crippen LogP contribution in [0.2, 0.25) is 0 Å². The van der Waals surface area contributed by atoms with Crippen LogP contribution in [0.15, 0.2) is 0 Å². The highest BCUT2D eigenvalue weighted by Crippen LogP contribution is 2.19. The van der Waals surface area contributed by atoms with Gasteiger partial charge in [-0.1, -0.05) is 163 Å². The zero-order valence-electron chi connectivity index (χ0n) is 33.6. The van der Waals surface area contributed by atoms with Gasteiger partial charge in [0.05, 0.1) is 44.7 Å². The average molecular weight is 701 g/mol. The standard InChI is InChI=1S/C42H88N2O5/c1-6-9-11-13-15-17-19-21-23-25-27-38(4)41(46)36-44(30-32-49-34-33-48-31-29-43-35-40(45)8-3)37-42(47)39(5)28-26-24-22-20-18-16-14-12-10-7-2/h38-43,45-47H,6-37H2,1-5H3. The summed E-state index contributed by atoms with van der Waals surface area (Å²) in [7, 11) is 0. The number of hydrogen-bond donors (Lipinski definition) is 4. The first-order chi connectivity index (χ1) is 23.8. The van der Waals surface area contributed by atoms with Crippen molar-refractivity contribution in [3.8, 4) is 0 Å². The van der Waals surface area contributed by atoms with Crippen molar-refractivity contribution < 1.29 is 24.8 Å². The molecule has 4 N–H and O–H groups in total. The van der Waals surface area contributed by atoms with Gasteiger partial charge in [0.15, 0.2) is 0 Å². The summed E-state index contributed by atoms with van der Waals surface area (Å²) >= 11 is 0. The molecule has 0 aromatic rings. The van der Waals surface area contributed by atoms with E-state index in [1.165, 1.54) is 128 Å². The lowest BCUT2D eigenvalue weighted by Crippen LogP contribution is -2.43. The van der Waals surface area contributed by atoms with Crippen LogP contribution in [0.4, 0.5) is 0 Å². The highest BCUT2D eigenvalue weighted by atomic mass is 16.5. The molecular formula is C42H88N2O5. The Hall–Kier alpha value is -0.280. The molecule has 0 bridgehead atoms. The molecule has 0 spiro atoms. The zero-order chi connectivity index (χ0) is 36.2. The predicted octanol–water partition coefficient (Wildman–Crippen LogP) is 9.30. The smallest absolute Gasteiger partial charge is 0.0701 e. The molecule has 0 aromatic carbocycles. The number of hydrogen-bond acceptors (Lipinski definition) is 7. The maximum Gasteiger partial charge on any atom is 0.0701 e. The van der Waals surface area contributed by atoms with E-state index in [-0.39, 0.29) is 17.9 Å². The van der Waals surface area contributed by atoms with Crippen LogP contribution in [0, 0.1) is 11.8 Å². The van der Waals surface area contributed by atoms with Gasteiger partial charge in [-0.3, -0.25) is 4.90 Å². The van der Waals surface area contributed by atoms with Gasteiger partial charge in [0.1, 0.15) is 0 Å². The van der Waals surface area contributed by atoms with Crippen LogP contribution in [-0.4, -0.2) is 97.7 Å². The van der Waals surface area contributed by atoms with Crippen LogP contribution >= 0.6 is 0 Å². The lowest BCUT2D eigenvalue weighted by Gasteiger charge is -2.31. The fraction of sp³-hybridized carbons (Fsp3) is 1.00. The quantitative estimate of drug-likeness (QED) is 0.0474. The van der Waals surface area contributed by atoms with Crippen molar-refractivity contribution in [3.05, 3.63) is 0 Å². The number of ether oxygens (including phenoxy) is 2. The SMILES string of the molecule is CCCCCCCCCCCCC(C)C(O)CN(CCOCCOCCNCC(O)CC)CC(O)C(C)CCCCCCCCCCCC. The fourth-order valence-electron chi connectivity index (χ4n) is 6.51. The molecule has 0 aromatic heterocycles. The van der Waals surface area contributed by atoms with Gasteiger partial charge in [-0.15, -0.1) is 0 Å². The summed E-state index contributed by atoms with van der Waals surface area (Å²) in [5.74, 6) is 0.498. The van der Waals surface area contributed by atoms with Gasteiger partial charge in [-0.2, -0.15) is 0 Å². The van der Waals surface area contributed by atoms with E-state index in [1.807, 2.05) is 6.92 Å². The number of aliphatic hydroxyl groups is 3. The summed E-state index contributed by atoms with van der Waals surface area (Å²) in [6.07, 6.45) is 28.4. The molecule has 5 atom stereocenters. The second-order valence-corrected chi connectivity index (χ2v) is 15.3. The Morgan fingerprint density at radius 1 is 0.510 bits per heavy atom. The monoisotopic (exact) mass is 701 g/mol. The molecule has 7 heteroatoms. The number of aliphatic hydroxyl groups excluding tert-OH is 3.